The van der Waals surface area contributed by atoms with Gasteiger partial charge < -0.3 is 5.73 Å². The minimum absolute atomic E-state index is 0.261. The molecule has 0 bridgehead atoms. The predicted octanol–water partition coefficient (Wildman–Crippen LogP) is 2.45. The number of aliphatic imine (C=N–C) groups is 2. The fourth-order valence-corrected chi connectivity index (χ4v) is 3.62. The maximum absolute atomic E-state index is 11.9. The average Bonchev–Trinajstić information content (AvgIpc) is 3.03. The van der Waals surface area contributed by atoms with Crippen molar-refractivity contribution in [1.29, 1.82) is 0 Å². The second kappa shape index (κ2) is 5.58. The van der Waals surface area contributed by atoms with E-state index in [-0.39, 0.29) is 15.8 Å². The van der Waals surface area contributed by atoms with E-state index in [0.29, 0.717) is 24.6 Å². The molecule has 126 valence electrons. The smallest absolute Gasteiger partial charge is 0.290 e. The second-order valence-electron chi connectivity index (χ2n) is 6.29. The predicted molar refractivity (Wildman–Crippen MR) is 98.4 cm³/mol. The second-order valence-corrected chi connectivity index (χ2v) is 6.29. The number of hydrogen-bond acceptors (Lipinski definition) is 5. The first-order valence-corrected chi connectivity index (χ1v) is 8.15. The Morgan fingerprint density at radius 2 is 2.16 bits per heavy atom. The third-order valence-electron chi connectivity index (χ3n) is 4.92. The summed E-state index contributed by atoms with van der Waals surface area (Å²) < 4.78 is 0.276. The van der Waals surface area contributed by atoms with E-state index in [1.165, 1.54) is 0 Å². The maximum Gasteiger partial charge on any atom is 0.290 e. The van der Waals surface area contributed by atoms with Crippen molar-refractivity contribution >= 4 is 23.4 Å². The Labute approximate surface area is 144 Å². The fraction of sp³-hybridized carbons (Fsp3) is 0.222. The largest absolute Gasteiger partial charge is 0.326 e. The number of allylic oxidation sites excluding steroid dienone is 2. The zero-order valence-electron chi connectivity index (χ0n) is 13.6. The molecule has 2 atom stereocenters. The Morgan fingerprint density at radius 1 is 1.32 bits per heavy atom. The Kier molecular flexibility index (Phi) is 3.48. The van der Waals surface area contributed by atoms with Crippen molar-refractivity contribution in [2.75, 3.05) is 13.1 Å². The summed E-state index contributed by atoms with van der Waals surface area (Å²) >= 11 is 0. The van der Waals surface area contributed by atoms with Gasteiger partial charge in [0.15, 0.2) is 11.4 Å². The summed E-state index contributed by atoms with van der Waals surface area (Å²) in [6.45, 7) is 0.991. The summed E-state index contributed by atoms with van der Waals surface area (Å²) in [5.74, 6) is 0.670. The molecule has 3 aliphatic rings. The number of hydrogen-bond donors (Lipinski definition) is 1. The molecule has 1 aromatic rings. The summed E-state index contributed by atoms with van der Waals surface area (Å²) in [5, 5.41) is 11.9. The van der Waals surface area contributed by atoms with Crippen LogP contribution < -0.4 is 10.2 Å². The van der Waals surface area contributed by atoms with Crippen LogP contribution in [0.2, 0.25) is 0 Å². The topological polar surface area (TPSA) is 93.9 Å². The molecule has 1 aliphatic carbocycles. The van der Waals surface area contributed by atoms with Crippen LogP contribution in [0.5, 0.6) is 0 Å². The van der Waals surface area contributed by atoms with E-state index < -0.39 is 5.54 Å². The van der Waals surface area contributed by atoms with Crippen LogP contribution in [0.15, 0.2) is 70.5 Å². The lowest BCUT2D eigenvalue weighted by Gasteiger charge is -2.32. The van der Waals surface area contributed by atoms with E-state index in [1.807, 2.05) is 36.5 Å². The van der Waals surface area contributed by atoms with Crippen molar-refractivity contribution in [3.05, 3.63) is 70.6 Å². The molecule has 4 rings (SSSR count). The average molecular weight is 336 g/mol. The lowest BCUT2D eigenvalue weighted by molar-refractivity contribution is -0.543. The number of nitro groups is 1. The van der Waals surface area contributed by atoms with E-state index in [4.69, 9.17) is 5.73 Å². The van der Waals surface area contributed by atoms with E-state index >= 15 is 0 Å². The van der Waals surface area contributed by atoms with Gasteiger partial charge in [-0.2, -0.15) is 4.99 Å². The van der Waals surface area contributed by atoms with Crippen molar-refractivity contribution in [3.63, 3.8) is 0 Å². The van der Waals surface area contributed by atoms with Crippen LogP contribution in [-0.4, -0.2) is 35.6 Å². The number of amidine groups is 1. The van der Waals surface area contributed by atoms with Crippen LogP contribution in [0, 0.1) is 10.1 Å². The molecule has 0 spiro atoms. The number of rotatable bonds is 4. The van der Waals surface area contributed by atoms with Crippen LogP contribution in [0.1, 0.15) is 6.42 Å². The van der Waals surface area contributed by atoms with Crippen molar-refractivity contribution in [2.24, 2.45) is 15.7 Å². The SMILES string of the molecule is NCC[N+]12C=C(C3([N+](=O)[O-])C=CC=CC3)N=C1C=Nc1ccccc12. The van der Waals surface area contributed by atoms with Gasteiger partial charge in [0, 0.05) is 24.0 Å². The molecule has 0 radical (unpaired) electrons. The fourth-order valence-electron chi connectivity index (χ4n) is 3.62. The number of para-hydroxylation sites is 2. The van der Waals surface area contributed by atoms with Crippen LogP contribution in [0.3, 0.4) is 0 Å². The molecule has 0 fully saturated rings. The van der Waals surface area contributed by atoms with Gasteiger partial charge in [0.05, 0.1) is 0 Å². The third kappa shape index (κ3) is 2.13. The van der Waals surface area contributed by atoms with Gasteiger partial charge in [-0.3, -0.25) is 10.1 Å². The molecule has 1 aromatic carbocycles. The summed E-state index contributed by atoms with van der Waals surface area (Å²) in [4.78, 5) is 20.8. The maximum atomic E-state index is 11.9. The highest BCUT2D eigenvalue weighted by Gasteiger charge is 2.53. The van der Waals surface area contributed by atoms with Gasteiger partial charge >= 0.3 is 0 Å². The highest BCUT2D eigenvalue weighted by molar-refractivity contribution is 6.37. The molecular weight excluding hydrogens is 318 g/mol. The lowest BCUT2D eigenvalue weighted by Crippen LogP contribution is -2.52. The van der Waals surface area contributed by atoms with Gasteiger partial charge in [-0.15, -0.1) is 0 Å². The normalized spacial score (nSPS) is 29.0. The quantitative estimate of drug-likeness (QED) is 0.520. The van der Waals surface area contributed by atoms with Gasteiger partial charge in [-0.25, -0.2) is 9.48 Å². The summed E-state index contributed by atoms with van der Waals surface area (Å²) in [7, 11) is 0. The van der Waals surface area contributed by atoms with Gasteiger partial charge in [0.25, 0.3) is 11.4 Å². The van der Waals surface area contributed by atoms with Crippen molar-refractivity contribution in [2.45, 2.75) is 12.0 Å². The Morgan fingerprint density at radius 3 is 2.88 bits per heavy atom. The molecule has 2 heterocycles. The zero-order valence-corrected chi connectivity index (χ0v) is 13.6. The summed E-state index contributed by atoms with van der Waals surface area (Å²) in [6, 6.07) is 7.76. The molecule has 0 amide bonds. The standard InChI is InChI=1S/C18H18N5O2/c19-10-11-23-13-16(18(22(24)25)8-4-1-5-9-18)21-17(23)12-20-14-6-2-3-7-15(14)23/h1-8,12-13H,9-11,19H2/q+1. The van der Waals surface area contributed by atoms with Gasteiger partial charge in [0.2, 0.25) is 0 Å². The van der Waals surface area contributed by atoms with Crippen LogP contribution in [0.4, 0.5) is 11.4 Å². The van der Waals surface area contributed by atoms with Crippen LogP contribution in [0.25, 0.3) is 0 Å². The van der Waals surface area contributed by atoms with E-state index in [9.17, 15) is 10.1 Å². The number of quaternary nitrogens is 1. The minimum Gasteiger partial charge on any atom is -0.326 e. The van der Waals surface area contributed by atoms with Crippen LogP contribution >= 0.6 is 0 Å². The Hall–Kier alpha value is -2.90. The molecular formula is C18H18N5O2+. The molecule has 2 N–H and O–H groups in total. The van der Waals surface area contributed by atoms with Gasteiger partial charge in [-0.1, -0.05) is 30.4 Å². The molecule has 0 aromatic heterocycles. The first-order valence-electron chi connectivity index (χ1n) is 8.15. The van der Waals surface area contributed by atoms with Crippen molar-refractivity contribution < 1.29 is 4.92 Å². The van der Waals surface area contributed by atoms with E-state index in [1.54, 1.807) is 24.4 Å². The third-order valence-corrected chi connectivity index (χ3v) is 4.92. The first-order chi connectivity index (χ1) is 12.1. The summed E-state index contributed by atoms with van der Waals surface area (Å²) in [6.07, 6.45) is 10.8. The number of nitrogens with two attached hydrogens (primary N) is 1. The molecule has 2 aliphatic heterocycles. The number of fused-ring (bicyclic) bond motifs is 3. The molecule has 0 saturated carbocycles. The highest BCUT2D eigenvalue weighted by atomic mass is 16.6. The number of nitrogens with zero attached hydrogens (tertiary/aromatic N) is 4. The van der Waals surface area contributed by atoms with Crippen molar-refractivity contribution in [3.8, 4) is 0 Å². The van der Waals surface area contributed by atoms with Gasteiger partial charge in [-0.05, 0) is 12.1 Å². The minimum atomic E-state index is -1.35. The Bertz CT molecular complexity index is 898. The number of benzene rings is 1. The monoisotopic (exact) mass is 336 g/mol. The molecule has 7 nitrogen and oxygen atoms in total. The molecule has 7 heteroatoms. The highest BCUT2D eigenvalue weighted by Crippen LogP contribution is 2.43. The summed E-state index contributed by atoms with van der Waals surface area (Å²) in [5.41, 5.74) is 6.75. The first kappa shape index (κ1) is 15.6. The molecule has 25 heavy (non-hydrogen) atoms. The lowest BCUT2D eigenvalue weighted by atomic mass is 9.89. The van der Waals surface area contributed by atoms with E-state index in [2.05, 4.69) is 9.98 Å². The molecule has 0 saturated heterocycles. The van der Waals surface area contributed by atoms with Gasteiger partial charge in [0.1, 0.15) is 24.6 Å². The molecule has 2 unspecified atom stereocenters. The van der Waals surface area contributed by atoms with E-state index in [0.717, 1.165) is 11.4 Å². The van der Waals surface area contributed by atoms with Crippen LogP contribution in [-0.2, 0) is 0 Å². The zero-order chi connectivity index (χ0) is 17.5. The van der Waals surface area contributed by atoms with Crippen molar-refractivity contribution in [1.82, 2.24) is 4.48 Å². The Balaban J connectivity index is 1.92.